The van der Waals surface area contributed by atoms with Gasteiger partial charge >= 0.3 is 6.09 Å². The van der Waals surface area contributed by atoms with Crippen molar-refractivity contribution in [2.75, 3.05) is 25.2 Å². The average Bonchev–Trinajstić information content (AvgIpc) is 3.63. The van der Waals surface area contributed by atoms with Crippen molar-refractivity contribution in [2.45, 2.75) is 122 Å². The molecule has 50 heavy (non-hydrogen) atoms. The molecular formula is C40H55N5O5. The van der Waals surface area contributed by atoms with Gasteiger partial charge in [-0.25, -0.2) is 9.78 Å². The maximum Gasteiger partial charge on any atom is 0.407 e. The van der Waals surface area contributed by atoms with Gasteiger partial charge in [0.1, 0.15) is 17.7 Å². The third-order valence-corrected chi connectivity index (χ3v) is 11.8. The number of aliphatic hydroxyl groups excluding tert-OH is 1. The van der Waals surface area contributed by atoms with Crippen LogP contribution in [0.2, 0.25) is 0 Å². The molecule has 0 spiro atoms. The highest BCUT2D eigenvalue weighted by Crippen LogP contribution is 2.58. The molecular weight excluding hydrogens is 630 g/mol. The van der Waals surface area contributed by atoms with Crippen LogP contribution >= 0.6 is 0 Å². The fourth-order valence-corrected chi connectivity index (χ4v) is 8.41. The molecule has 2 heterocycles. The maximum absolute atomic E-state index is 14.6. The molecule has 2 amide bonds. The van der Waals surface area contributed by atoms with Crippen molar-refractivity contribution >= 4 is 17.8 Å². The minimum Gasteiger partial charge on any atom is -0.496 e. The van der Waals surface area contributed by atoms with Crippen LogP contribution in [0, 0.1) is 18.3 Å². The fraction of sp³-hybridized carbons (Fsp3) is 0.600. The summed E-state index contributed by atoms with van der Waals surface area (Å²) in [6, 6.07) is 11.0. The van der Waals surface area contributed by atoms with E-state index in [4.69, 9.17) is 14.5 Å². The Morgan fingerprint density at radius 2 is 1.74 bits per heavy atom. The molecule has 2 N–H and O–H groups in total. The molecule has 4 fully saturated rings. The number of carbonyl (C=O) groups is 2. The molecule has 0 unspecified atom stereocenters. The number of fused-ring (bicyclic) bond motifs is 3. The van der Waals surface area contributed by atoms with Crippen LogP contribution in [0.1, 0.15) is 109 Å². The second kappa shape index (κ2) is 14.4. The number of benzene rings is 1. The van der Waals surface area contributed by atoms with E-state index in [0.717, 1.165) is 55.4 Å². The number of amides is 2. The molecule has 4 saturated carbocycles. The number of hydrogen-bond donors (Lipinski definition) is 2. The summed E-state index contributed by atoms with van der Waals surface area (Å²) in [4.78, 5) is 33.9. The number of hydrogen-bond acceptors (Lipinski definition) is 7. The van der Waals surface area contributed by atoms with Crippen LogP contribution in [0.3, 0.4) is 0 Å². The minimum atomic E-state index is -0.759. The minimum absolute atomic E-state index is 0.0387. The van der Waals surface area contributed by atoms with E-state index in [1.165, 1.54) is 11.1 Å². The van der Waals surface area contributed by atoms with E-state index < -0.39 is 11.6 Å². The van der Waals surface area contributed by atoms with Crippen molar-refractivity contribution in [2.24, 2.45) is 11.3 Å². The Kier molecular flexibility index (Phi) is 10.3. The van der Waals surface area contributed by atoms with Gasteiger partial charge < -0.3 is 19.9 Å². The van der Waals surface area contributed by atoms with Crippen LogP contribution < -0.4 is 15.0 Å². The second-order valence-electron chi connectivity index (χ2n) is 16.1. The summed E-state index contributed by atoms with van der Waals surface area (Å²) in [6.07, 6.45) is 14.0. The van der Waals surface area contributed by atoms with Crippen LogP contribution in [-0.2, 0) is 14.9 Å². The molecule has 270 valence electrons. The van der Waals surface area contributed by atoms with E-state index in [2.05, 4.69) is 55.6 Å². The summed E-state index contributed by atoms with van der Waals surface area (Å²) in [5, 5.41) is 16.8. The van der Waals surface area contributed by atoms with Crippen molar-refractivity contribution in [3.05, 3.63) is 60.0 Å². The van der Waals surface area contributed by atoms with Crippen molar-refractivity contribution in [1.29, 1.82) is 0 Å². The highest BCUT2D eigenvalue weighted by atomic mass is 16.6. The average molecular weight is 686 g/mol. The topological polar surface area (TPSA) is 119 Å². The first-order valence-electron chi connectivity index (χ1n) is 18.4. The number of carbonyl (C=O) groups excluding carboxylic acids is 2. The molecule has 10 heteroatoms. The zero-order valence-electron chi connectivity index (χ0n) is 30.7. The number of anilines is 1. The molecule has 4 aliphatic carbocycles. The van der Waals surface area contributed by atoms with E-state index in [-0.39, 0.29) is 41.4 Å². The van der Waals surface area contributed by atoms with Crippen molar-refractivity contribution in [1.82, 2.24) is 20.1 Å². The van der Waals surface area contributed by atoms with Gasteiger partial charge in [-0.1, -0.05) is 12.1 Å². The molecule has 3 aromatic rings. The highest BCUT2D eigenvalue weighted by Gasteiger charge is 2.51. The first kappa shape index (κ1) is 35.9. The van der Waals surface area contributed by atoms with Crippen LogP contribution in [0.25, 0.3) is 11.1 Å². The van der Waals surface area contributed by atoms with Gasteiger partial charge in [0.2, 0.25) is 5.91 Å². The lowest BCUT2D eigenvalue weighted by molar-refractivity contribution is -0.124. The normalized spacial score (nSPS) is 25.0. The third-order valence-electron chi connectivity index (χ3n) is 11.8. The van der Waals surface area contributed by atoms with E-state index in [0.29, 0.717) is 38.0 Å². The monoisotopic (exact) mass is 685 g/mol. The zero-order valence-corrected chi connectivity index (χ0v) is 30.7. The Morgan fingerprint density at radius 3 is 2.34 bits per heavy atom. The fourth-order valence-electron chi connectivity index (χ4n) is 8.41. The van der Waals surface area contributed by atoms with Gasteiger partial charge in [-0.2, -0.15) is 5.10 Å². The quantitative estimate of drug-likeness (QED) is 0.214. The Balaban J connectivity index is 1.21. The number of pyridine rings is 1. The Hall–Kier alpha value is -3.92. The summed E-state index contributed by atoms with van der Waals surface area (Å²) < 4.78 is 13.2. The first-order chi connectivity index (χ1) is 23.8. The van der Waals surface area contributed by atoms with Crippen LogP contribution in [0.15, 0.2) is 48.9 Å². The standard InChI is InChI=1S/C40H55N5O5/c1-27(2)45-24-31(23-42-45)30-13-20-41-35(22-30)44(36(47)29-7-10-33(11-8-29)50-37(48)43-38(4,5)26-46)25-39-14-17-40(18-15-39,19-16-39)32-9-12-34(49-6)28(3)21-32/h9,12-13,20-24,27,29,33,46H,7-8,10-11,14-19,25-26H2,1-6H3,(H,43,48). The molecule has 0 atom stereocenters. The number of nitrogens with one attached hydrogen (secondary N) is 1. The molecule has 0 radical (unpaired) electrons. The van der Waals surface area contributed by atoms with Crippen LogP contribution in [0.5, 0.6) is 5.75 Å². The summed E-state index contributed by atoms with van der Waals surface area (Å²) >= 11 is 0. The zero-order chi connectivity index (χ0) is 35.7. The number of nitrogens with zero attached hydrogens (tertiary/aromatic N) is 4. The number of rotatable bonds is 11. The number of aromatic nitrogens is 3. The summed E-state index contributed by atoms with van der Waals surface area (Å²) in [5.74, 6) is 1.56. The number of aliphatic hydroxyl groups is 1. The summed E-state index contributed by atoms with van der Waals surface area (Å²) in [7, 11) is 1.73. The molecule has 7 rings (SSSR count). The summed E-state index contributed by atoms with van der Waals surface area (Å²) in [5.41, 5.74) is 4.05. The van der Waals surface area contributed by atoms with Gasteiger partial charge in [0.25, 0.3) is 0 Å². The SMILES string of the molecule is COc1ccc(C23CCC(CN(C(=O)C4CCC(OC(=O)NC(C)(C)CO)CC4)c4cc(-c5cnn(C(C)C)c5)ccn4)(CC2)CC3)cc1C. The van der Waals surface area contributed by atoms with Gasteiger partial charge in [0, 0.05) is 36.5 Å². The van der Waals surface area contributed by atoms with E-state index in [1.807, 2.05) is 34.1 Å². The predicted molar refractivity (Wildman–Crippen MR) is 194 cm³/mol. The third kappa shape index (κ3) is 7.55. The lowest BCUT2D eigenvalue weighted by Crippen LogP contribution is -2.52. The number of ether oxygens (including phenoxy) is 2. The highest BCUT2D eigenvalue weighted by molar-refractivity contribution is 5.95. The van der Waals surface area contributed by atoms with Crippen LogP contribution in [-0.4, -0.2) is 63.8 Å². The van der Waals surface area contributed by atoms with Crippen molar-refractivity contribution in [3.8, 4) is 16.9 Å². The number of alkyl carbamates (subject to hydrolysis) is 1. The van der Waals surface area contributed by atoms with Gasteiger partial charge in [0.15, 0.2) is 0 Å². The summed E-state index contributed by atoms with van der Waals surface area (Å²) in [6.45, 7) is 10.3. The lowest BCUT2D eigenvalue weighted by atomic mass is 9.51. The lowest BCUT2D eigenvalue weighted by Gasteiger charge is -2.55. The molecule has 2 bridgehead atoms. The van der Waals surface area contributed by atoms with Gasteiger partial charge in [0.05, 0.1) is 25.5 Å². The first-order valence-corrected chi connectivity index (χ1v) is 18.4. The molecule has 0 aliphatic heterocycles. The molecule has 1 aromatic carbocycles. The van der Waals surface area contributed by atoms with Crippen molar-refractivity contribution < 1.29 is 24.2 Å². The maximum atomic E-state index is 14.6. The second-order valence-corrected chi connectivity index (χ2v) is 16.1. The molecule has 2 aromatic heterocycles. The number of methoxy groups -OCH3 is 1. The van der Waals surface area contributed by atoms with Gasteiger partial charge in [-0.05, 0) is 145 Å². The van der Waals surface area contributed by atoms with Gasteiger partial charge in [-0.3, -0.25) is 14.4 Å². The number of aryl methyl sites for hydroxylation is 1. The molecule has 4 aliphatic rings. The van der Waals surface area contributed by atoms with Crippen molar-refractivity contribution in [3.63, 3.8) is 0 Å². The molecule has 0 saturated heterocycles. The largest absolute Gasteiger partial charge is 0.496 e. The van der Waals surface area contributed by atoms with Gasteiger partial charge in [-0.15, -0.1) is 0 Å². The van der Waals surface area contributed by atoms with E-state index >= 15 is 0 Å². The van der Waals surface area contributed by atoms with E-state index in [9.17, 15) is 14.7 Å². The van der Waals surface area contributed by atoms with Crippen LogP contribution in [0.4, 0.5) is 10.6 Å². The Bertz CT molecular complexity index is 1650. The smallest absolute Gasteiger partial charge is 0.407 e. The predicted octanol–water partition coefficient (Wildman–Crippen LogP) is 7.52. The van der Waals surface area contributed by atoms with E-state index in [1.54, 1.807) is 21.0 Å². The Labute approximate surface area is 296 Å². The Morgan fingerprint density at radius 1 is 1.04 bits per heavy atom. The molecule has 10 nitrogen and oxygen atoms in total.